The highest BCUT2D eigenvalue weighted by Crippen LogP contribution is 2.42. The van der Waals surface area contributed by atoms with Gasteiger partial charge in [0.05, 0.1) is 18.5 Å². The third-order valence-electron chi connectivity index (χ3n) is 4.99. The molecule has 27 heavy (non-hydrogen) atoms. The maximum absolute atomic E-state index is 12.4. The zero-order valence-corrected chi connectivity index (χ0v) is 15.5. The van der Waals surface area contributed by atoms with Gasteiger partial charge >= 0.3 is 0 Å². The summed E-state index contributed by atoms with van der Waals surface area (Å²) in [6.45, 7) is 3.97. The second-order valence-corrected chi connectivity index (χ2v) is 6.83. The normalized spacial score (nSPS) is 16.0. The Bertz CT molecular complexity index is 1020. The van der Waals surface area contributed by atoms with E-state index in [0.717, 1.165) is 28.1 Å². The lowest BCUT2D eigenvalue weighted by Gasteiger charge is -2.24. The van der Waals surface area contributed by atoms with Gasteiger partial charge < -0.3 is 15.2 Å². The average Bonchev–Trinajstić information content (AvgIpc) is 2.98. The number of ether oxygens (including phenoxy) is 1. The van der Waals surface area contributed by atoms with Crippen molar-refractivity contribution in [2.75, 3.05) is 12.4 Å². The molecule has 1 aliphatic heterocycles. The van der Waals surface area contributed by atoms with E-state index in [1.807, 2.05) is 44.2 Å². The van der Waals surface area contributed by atoms with Crippen LogP contribution >= 0.6 is 0 Å². The Labute approximate surface area is 157 Å². The first-order valence-corrected chi connectivity index (χ1v) is 8.81. The van der Waals surface area contributed by atoms with Gasteiger partial charge in [-0.15, -0.1) is 0 Å². The van der Waals surface area contributed by atoms with E-state index < -0.39 is 0 Å². The quantitative estimate of drug-likeness (QED) is 0.744. The molecule has 4 rings (SSSR count). The van der Waals surface area contributed by atoms with Gasteiger partial charge in [-0.2, -0.15) is 5.10 Å². The van der Waals surface area contributed by atoms with E-state index >= 15 is 0 Å². The summed E-state index contributed by atoms with van der Waals surface area (Å²) in [5.41, 5.74) is 4.73. The summed E-state index contributed by atoms with van der Waals surface area (Å²) in [5, 5.41) is 17.8. The average molecular weight is 363 g/mol. The van der Waals surface area contributed by atoms with E-state index in [1.54, 1.807) is 16.8 Å². The molecular formula is C21H21N3O3. The molecule has 6 nitrogen and oxygen atoms in total. The number of carbonyl (C=O) groups is 1. The molecule has 1 amide bonds. The zero-order chi connectivity index (χ0) is 19.1. The highest BCUT2D eigenvalue weighted by molar-refractivity contribution is 5.95. The van der Waals surface area contributed by atoms with Crippen molar-refractivity contribution in [3.8, 4) is 17.2 Å². The Morgan fingerprint density at radius 2 is 1.93 bits per heavy atom. The number of carbonyl (C=O) groups excluding carboxylic acids is 1. The van der Waals surface area contributed by atoms with Gasteiger partial charge in [-0.1, -0.05) is 23.8 Å². The Hall–Kier alpha value is -3.28. The van der Waals surface area contributed by atoms with Crippen LogP contribution in [0.25, 0.3) is 5.69 Å². The van der Waals surface area contributed by atoms with Crippen molar-refractivity contribution in [3.63, 3.8) is 0 Å². The third kappa shape index (κ3) is 2.93. The molecule has 0 aliphatic carbocycles. The van der Waals surface area contributed by atoms with Crippen molar-refractivity contribution < 1.29 is 14.6 Å². The minimum absolute atomic E-state index is 0.0612. The molecule has 1 atom stereocenters. The van der Waals surface area contributed by atoms with Crippen LogP contribution in [0.5, 0.6) is 11.5 Å². The highest BCUT2D eigenvalue weighted by atomic mass is 16.5. The number of fused-ring (bicyclic) bond motifs is 1. The first-order chi connectivity index (χ1) is 13.0. The zero-order valence-electron chi connectivity index (χ0n) is 15.5. The Morgan fingerprint density at radius 1 is 1.19 bits per heavy atom. The number of hydrogen-bond donors (Lipinski definition) is 2. The fourth-order valence-corrected chi connectivity index (χ4v) is 3.63. The number of benzene rings is 2. The molecule has 0 saturated carbocycles. The molecule has 1 aliphatic rings. The summed E-state index contributed by atoms with van der Waals surface area (Å²) in [5.74, 6) is 0.908. The topological polar surface area (TPSA) is 76.4 Å². The van der Waals surface area contributed by atoms with Gasteiger partial charge in [0.1, 0.15) is 5.82 Å². The maximum Gasteiger partial charge on any atom is 0.226 e. The molecule has 2 heterocycles. The lowest BCUT2D eigenvalue weighted by molar-refractivity contribution is -0.116. The molecule has 0 saturated heterocycles. The standard InChI is InChI=1S/C21H21N3O3/c1-12-4-7-15(8-5-12)24-21-20(13(2)23-24)16(11-19(26)22-21)14-6-9-18(27-3)17(25)10-14/h4-10,16,25H,11H2,1-3H3,(H,22,26)/t16-/m1/s1. The fourth-order valence-electron chi connectivity index (χ4n) is 3.63. The minimum atomic E-state index is -0.176. The lowest BCUT2D eigenvalue weighted by Crippen LogP contribution is -2.24. The van der Waals surface area contributed by atoms with Gasteiger partial charge in [-0.25, -0.2) is 4.68 Å². The summed E-state index contributed by atoms with van der Waals surface area (Å²) in [6.07, 6.45) is 0.305. The van der Waals surface area contributed by atoms with Crippen molar-refractivity contribution in [1.82, 2.24) is 9.78 Å². The predicted molar refractivity (Wildman–Crippen MR) is 103 cm³/mol. The molecule has 2 N–H and O–H groups in total. The van der Waals surface area contributed by atoms with Gasteiger partial charge in [0.15, 0.2) is 11.5 Å². The number of phenolic OH excluding ortho intramolecular Hbond substituents is 1. The van der Waals surface area contributed by atoms with Crippen LogP contribution in [0.3, 0.4) is 0 Å². The minimum Gasteiger partial charge on any atom is -0.504 e. The number of aromatic hydroxyl groups is 1. The van der Waals surface area contributed by atoms with E-state index in [-0.39, 0.29) is 17.6 Å². The van der Waals surface area contributed by atoms with Crippen LogP contribution in [0, 0.1) is 13.8 Å². The molecule has 0 radical (unpaired) electrons. The van der Waals surface area contributed by atoms with Gasteiger partial charge in [-0.05, 0) is 43.7 Å². The summed E-state index contributed by atoms with van der Waals surface area (Å²) >= 11 is 0. The van der Waals surface area contributed by atoms with Crippen LogP contribution in [0.2, 0.25) is 0 Å². The van der Waals surface area contributed by atoms with Crippen molar-refractivity contribution in [1.29, 1.82) is 0 Å². The SMILES string of the molecule is COc1ccc([C@H]2CC(=O)Nc3c2c(C)nn3-c2ccc(C)cc2)cc1O. The molecule has 0 bridgehead atoms. The molecule has 0 spiro atoms. The van der Waals surface area contributed by atoms with E-state index in [1.165, 1.54) is 7.11 Å². The monoisotopic (exact) mass is 363 g/mol. The van der Waals surface area contributed by atoms with Gasteiger partial charge in [0.2, 0.25) is 5.91 Å². The number of anilines is 1. The molecule has 2 aromatic carbocycles. The molecular weight excluding hydrogens is 342 g/mol. The van der Waals surface area contributed by atoms with E-state index in [4.69, 9.17) is 4.74 Å². The third-order valence-corrected chi connectivity index (χ3v) is 4.99. The summed E-state index contributed by atoms with van der Waals surface area (Å²) in [4.78, 5) is 12.4. The number of nitrogens with one attached hydrogen (secondary N) is 1. The molecule has 138 valence electrons. The van der Waals surface area contributed by atoms with Crippen LogP contribution in [-0.2, 0) is 4.79 Å². The molecule has 3 aromatic rings. The Kier molecular flexibility index (Phi) is 4.11. The van der Waals surface area contributed by atoms with Crippen molar-refractivity contribution >= 4 is 11.7 Å². The second-order valence-electron chi connectivity index (χ2n) is 6.83. The summed E-state index contributed by atoms with van der Waals surface area (Å²) in [6, 6.07) is 13.3. The second kappa shape index (κ2) is 6.46. The van der Waals surface area contributed by atoms with Crippen LogP contribution in [0.15, 0.2) is 42.5 Å². The van der Waals surface area contributed by atoms with Gasteiger partial charge in [0, 0.05) is 17.9 Å². The fraction of sp³-hybridized carbons (Fsp3) is 0.238. The highest BCUT2D eigenvalue weighted by Gasteiger charge is 2.33. The Morgan fingerprint density at radius 3 is 2.59 bits per heavy atom. The lowest BCUT2D eigenvalue weighted by atomic mass is 9.85. The van der Waals surface area contributed by atoms with Crippen molar-refractivity contribution in [3.05, 3.63) is 64.8 Å². The molecule has 6 heteroatoms. The number of phenols is 1. The molecule has 1 aromatic heterocycles. The predicted octanol–water partition coefficient (Wildman–Crippen LogP) is 3.68. The summed E-state index contributed by atoms with van der Waals surface area (Å²) < 4.78 is 6.90. The van der Waals surface area contributed by atoms with Crippen LogP contribution in [0.1, 0.15) is 34.7 Å². The number of amides is 1. The van der Waals surface area contributed by atoms with Crippen LogP contribution in [0.4, 0.5) is 5.82 Å². The van der Waals surface area contributed by atoms with Gasteiger partial charge in [0.25, 0.3) is 0 Å². The smallest absolute Gasteiger partial charge is 0.226 e. The number of nitrogens with zero attached hydrogens (tertiary/aromatic N) is 2. The maximum atomic E-state index is 12.4. The summed E-state index contributed by atoms with van der Waals surface area (Å²) in [7, 11) is 1.51. The van der Waals surface area contributed by atoms with Crippen molar-refractivity contribution in [2.24, 2.45) is 0 Å². The number of rotatable bonds is 3. The van der Waals surface area contributed by atoms with E-state index in [2.05, 4.69) is 10.4 Å². The number of methoxy groups -OCH3 is 1. The number of aromatic nitrogens is 2. The van der Waals surface area contributed by atoms with Gasteiger partial charge in [-0.3, -0.25) is 4.79 Å². The first kappa shape index (κ1) is 17.1. The van der Waals surface area contributed by atoms with Crippen LogP contribution < -0.4 is 10.1 Å². The van der Waals surface area contributed by atoms with Crippen molar-refractivity contribution in [2.45, 2.75) is 26.2 Å². The number of aryl methyl sites for hydroxylation is 2. The van der Waals surface area contributed by atoms with E-state index in [0.29, 0.717) is 18.0 Å². The van der Waals surface area contributed by atoms with Crippen LogP contribution in [-0.4, -0.2) is 27.9 Å². The Balaban J connectivity index is 1.84. The first-order valence-electron chi connectivity index (χ1n) is 8.81. The molecule has 0 unspecified atom stereocenters. The molecule has 0 fully saturated rings. The number of hydrogen-bond acceptors (Lipinski definition) is 4. The van der Waals surface area contributed by atoms with E-state index in [9.17, 15) is 9.90 Å². The largest absolute Gasteiger partial charge is 0.504 e.